The Morgan fingerprint density at radius 1 is 1.00 bits per heavy atom. The number of hydrogen-bond acceptors (Lipinski definition) is 1. The minimum atomic E-state index is -4.50. The predicted octanol–water partition coefficient (Wildman–Crippen LogP) is 3.26. The minimum Gasteiger partial charge on any atom is -0.307 e. The van der Waals surface area contributed by atoms with Crippen LogP contribution < -0.4 is 5.32 Å². The maximum atomic E-state index is 12.7. The lowest BCUT2D eigenvalue weighted by Gasteiger charge is -2.41. The van der Waals surface area contributed by atoms with Gasteiger partial charge in [-0.05, 0) is 32.7 Å². The molecule has 0 saturated heterocycles. The molecule has 0 aromatic rings. The molecular weight excluding hydrogens is 236 g/mol. The zero-order valence-corrected chi connectivity index (χ0v) is 8.67. The summed E-state index contributed by atoms with van der Waals surface area (Å²) in [4.78, 5) is 0. The summed E-state index contributed by atoms with van der Waals surface area (Å²) in [5.74, 6) is -1.60. The van der Waals surface area contributed by atoms with Gasteiger partial charge in [0.25, 0.3) is 0 Å². The molecule has 0 spiro atoms. The van der Waals surface area contributed by atoms with Gasteiger partial charge in [-0.1, -0.05) is 0 Å². The van der Waals surface area contributed by atoms with Gasteiger partial charge in [0, 0.05) is 0 Å². The maximum Gasteiger partial charge on any atom is 0.406 e. The van der Waals surface area contributed by atoms with Crippen molar-refractivity contribution in [1.82, 2.24) is 5.32 Å². The van der Waals surface area contributed by atoms with Gasteiger partial charge in [0.05, 0.1) is 5.92 Å². The molecule has 0 amide bonds. The van der Waals surface area contributed by atoms with E-state index < -0.39 is 49.5 Å². The van der Waals surface area contributed by atoms with Crippen molar-refractivity contribution in [1.29, 1.82) is 0 Å². The van der Waals surface area contributed by atoms with Gasteiger partial charge >= 0.3 is 12.4 Å². The van der Waals surface area contributed by atoms with E-state index >= 15 is 0 Å². The Morgan fingerprint density at radius 3 is 1.69 bits per heavy atom. The maximum absolute atomic E-state index is 12.7. The van der Waals surface area contributed by atoms with E-state index in [9.17, 15) is 26.3 Å². The molecule has 1 fully saturated rings. The fourth-order valence-electron chi connectivity index (χ4n) is 2.11. The second-order valence-electron chi connectivity index (χ2n) is 4.15. The molecule has 1 nitrogen and oxygen atoms in total. The third-order valence-electron chi connectivity index (χ3n) is 3.32. The number of rotatable bonds is 1. The minimum absolute atomic E-state index is 0.468. The normalized spacial score (nSPS) is 32.8. The van der Waals surface area contributed by atoms with E-state index in [0.29, 0.717) is 0 Å². The number of nitrogens with one attached hydrogen (secondary N) is 1. The summed E-state index contributed by atoms with van der Waals surface area (Å²) < 4.78 is 74.9. The van der Waals surface area contributed by atoms with Gasteiger partial charge in [0.1, 0.15) is 5.54 Å². The van der Waals surface area contributed by atoms with Crippen molar-refractivity contribution in [3.05, 3.63) is 0 Å². The quantitative estimate of drug-likeness (QED) is 0.703. The summed E-state index contributed by atoms with van der Waals surface area (Å²) in [7, 11) is 1.14. The van der Waals surface area contributed by atoms with Crippen molar-refractivity contribution < 1.29 is 26.3 Å². The summed E-state index contributed by atoms with van der Waals surface area (Å²) in [6, 6.07) is 0. The molecule has 1 N–H and O–H groups in total. The van der Waals surface area contributed by atoms with Crippen LogP contribution in [0.15, 0.2) is 0 Å². The lowest BCUT2D eigenvalue weighted by molar-refractivity contribution is -0.227. The van der Waals surface area contributed by atoms with E-state index in [2.05, 4.69) is 5.32 Å². The van der Waals surface area contributed by atoms with Gasteiger partial charge in [-0.2, -0.15) is 26.3 Å². The highest BCUT2D eigenvalue weighted by atomic mass is 19.4. The highest BCUT2D eigenvalue weighted by molar-refractivity contribution is 4.98. The van der Waals surface area contributed by atoms with Crippen LogP contribution in [0.5, 0.6) is 0 Å². The van der Waals surface area contributed by atoms with Gasteiger partial charge < -0.3 is 5.32 Å². The van der Waals surface area contributed by atoms with Crippen molar-refractivity contribution in [3.63, 3.8) is 0 Å². The number of halogens is 6. The van der Waals surface area contributed by atoms with Crippen molar-refractivity contribution in [2.75, 3.05) is 7.05 Å². The largest absolute Gasteiger partial charge is 0.406 e. The predicted molar refractivity (Wildman–Crippen MR) is 45.9 cm³/mol. The molecule has 1 aliphatic carbocycles. The molecule has 7 heteroatoms. The van der Waals surface area contributed by atoms with Crippen LogP contribution in [0, 0.1) is 5.92 Å². The van der Waals surface area contributed by atoms with E-state index in [0.717, 1.165) is 7.05 Å². The van der Waals surface area contributed by atoms with Gasteiger partial charge in [0.15, 0.2) is 0 Å². The second-order valence-corrected chi connectivity index (χ2v) is 4.15. The fourth-order valence-corrected chi connectivity index (χ4v) is 2.11. The van der Waals surface area contributed by atoms with E-state index in [1.165, 1.54) is 0 Å². The lowest BCUT2D eigenvalue weighted by Crippen LogP contribution is -2.57. The first kappa shape index (κ1) is 13.6. The molecular formula is C9H13F6N. The highest BCUT2D eigenvalue weighted by Crippen LogP contribution is 2.46. The van der Waals surface area contributed by atoms with Crippen LogP contribution in [0.2, 0.25) is 0 Å². The van der Waals surface area contributed by atoms with Crippen LogP contribution in [0.1, 0.15) is 25.7 Å². The molecule has 0 heterocycles. The molecule has 0 radical (unpaired) electrons. The van der Waals surface area contributed by atoms with E-state index in [-0.39, 0.29) is 0 Å². The Kier molecular flexibility index (Phi) is 3.47. The van der Waals surface area contributed by atoms with Gasteiger partial charge in [-0.15, -0.1) is 0 Å². The first-order chi connectivity index (χ1) is 7.12. The third kappa shape index (κ3) is 2.44. The van der Waals surface area contributed by atoms with Crippen LogP contribution >= 0.6 is 0 Å². The standard InChI is InChI=1S/C9H13F6N/c1-16-7(9(13,14)15)4-2-6(3-5-7)8(10,11)12/h6,16H,2-5H2,1H3. The topological polar surface area (TPSA) is 12.0 Å². The van der Waals surface area contributed by atoms with Crippen LogP contribution in [-0.2, 0) is 0 Å². The second kappa shape index (κ2) is 4.09. The zero-order valence-electron chi connectivity index (χ0n) is 8.67. The average molecular weight is 249 g/mol. The van der Waals surface area contributed by atoms with Gasteiger partial charge in [-0.25, -0.2) is 0 Å². The summed E-state index contributed by atoms with van der Waals surface area (Å²) >= 11 is 0. The smallest absolute Gasteiger partial charge is 0.307 e. The van der Waals surface area contributed by atoms with Gasteiger partial charge in [0.2, 0.25) is 0 Å². The molecule has 0 aromatic heterocycles. The average Bonchev–Trinajstić information content (AvgIpc) is 2.14. The molecule has 96 valence electrons. The molecule has 0 unspecified atom stereocenters. The summed E-state index contributed by atoms with van der Waals surface area (Å²) in [5.41, 5.74) is -2.14. The molecule has 1 aliphatic rings. The van der Waals surface area contributed by atoms with Crippen LogP contribution in [0.25, 0.3) is 0 Å². The lowest BCUT2D eigenvalue weighted by atomic mass is 9.76. The third-order valence-corrected chi connectivity index (χ3v) is 3.32. The van der Waals surface area contributed by atoms with Crippen molar-refractivity contribution in [3.8, 4) is 0 Å². The van der Waals surface area contributed by atoms with Crippen LogP contribution in [0.3, 0.4) is 0 Å². The van der Waals surface area contributed by atoms with E-state index in [1.54, 1.807) is 0 Å². The van der Waals surface area contributed by atoms with Crippen molar-refractivity contribution in [2.24, 2.45) is 5.92 Å². The van der Waals surface area contributed by atoms with Crippen LogP contribution in [0.4, 0.5) is 26.3 Å². The van der Waals surface area contributed by atoms with Crippen molar-refractivity contribution >= 4 is 0 Å². The Bertz CT molecular complexity index is 235. The first-order valence-corrected chi connectivity index (χ1v) is 4.95. The molecule has 0 aliphatic heterocycles. The SMILES string of the molecule is CNC1(C(F)(F)F)CCC(C(F)(F)F)CC1. The molecule has 0 bridgehead atoms. The van der Waals surface area contributed by atoms with E-state index in [1.807, 2.05) is 0 Å². The molecule has 0 atom stereocenters. The van der Waals surface area contributed by atoms with Crippen molar-refractivity contribution in [2.45, 2.75) is 43.6 Å². The summed E-state index contributed by atoms with van der Waals surface area (Å²) in [5, 5.41) is 2.14. The van der Waals surface area contributed by atoms with Gasteiger partial charge in [-0.3, -0.25) is 0 Å². The monoisotopic (exact) mass is 249 g/mol. The zero-order chi connectivity index (χ0) is 12.6. The Balaban J connectivity index is 2.72. The number of hydrogen-bond donors (Lipinski definition) is 1. The Labute approximate surface area is 89.2 Å². The van der Waals surface area contributed by atoms with Crippen LogP contribution in [-0.4, -0.2) is 24.9 Å². The molecule has 1 rings (SSSR count). The Hall–Kier alpha value is -0.460. The summed E-state index contributed by atoms with van der Waals surface area (Å²) in [6.07, 6.45) is -10.9. The first-order valence-electron chi connectivity index (χ1n) is 4.95. The fraction of sp³-hybridized carbons (Fsp3) is 1.00. The molecule has 0 aromatic carbocycles. The summed E-state index contributed by atoms with van der Waals surface area (Å²) in [6.45, 7) is 0. The highest BCUT2D eigenvalue weighted by Gasteiger charge is 2.57. The van der Waals surface area contributed by atoms with E-state index in [4.69, 9.17) is 0 Å². The number of alkyl halides is 6. The Morgan fingerprint density at radius 2 is 1.44 bits per heavy atom. The molecule has 1 saturated carbocycles. The molecule has 16 heavy (non-hydrogen) atoms.